The van der Waals surface area contributed by atoms with Crippen molar-refractivity contribution in [1.29, 1.82) is 0 Å². The number of azide groups is 1. The van der Waals surface area contributed by atoms with Crippen LogP contribution in [0.15, 0.2) is 29.4 Å². The SMILES string of the molecule is [N-]=[N+]=NCCCCCCOc1ccc(C[C@H](N)C(=O)O)cc1. The van der Waals surface area contributed by atoms with E-state index < -0.39 is 12.0 Å². The molecule has 0 saturated heterocycles. The number of carboxylic acid groups (broad SMARTS) is 1. The standard InChI is InChI=1S/C15H22N4O3/c16-14(15(20)21)11-12-5-7-13(8-6-12)22-10-4-2-1-3-9-18-19-17/h5-8,14H,1-4,9-11,16H2,(H,20,21)/t14-/m0/s1. The molecule has 0 radical (unpaired) electrons. The molecule has 7 heteroatoms. The van der Waals surface area contributed by atoms with Crippen molar-refractivity contribution in [3.63, 3.8) is 0 Å². The number of aliphatic carboxylic acids is 1. The highest BCUT2D eigenvalue weighted by atomic mass is 16.5. The predicted octanol–water partition coefficient (Wildman–Crippen LogP) is 2.89. The maximum atomic E-state index is 10.7. The number of unbranched alkanes of at least 4 members (excludes halogenated alkanes) is 3. The second-order valence-electron chi connectivity index (χ2n) is 5.01. The molecule has 0 heterocycles. The van der Waals surface area contributed by atoms with E-state index in [9.17, 15) is 4.79 Å². The Morgan fingerprint density at radius 1 is 1.27 bits per heavy atom. The molecule has 0 aliphatic rings. The number of carbonyl (C=O) groups is 1. The zero-order valence-electron chi connectivity index (χ0n) is 12.5. The number of rotatable bonds is 11. The van der Waals surface area contributed by atoms with Crippen LogP contribution >= 0.6 is 0 Å². The van der Waals surface area contributed by atoms with Gasteiger partial charge in [0.15, 0.2) is 0 Å². The van der Waals surface area contributed by atoms with Gasteiger partial charge in [0.05, 0.1) is 6.61 Å². The first kappa shape index (κ1) is 17.8. The lowest BCUT2D eigenvalue weighted by Gasteiger charge is -2.09. The number of hydrogen-bond acceptors (Lipinski definition) is 4. The summed E-state index contributed by atoms with van der Waals surface area (Å²) < 4.78 is 5.61. The minimum Gasteiger partial charge on any atom is -0.494 e. The summed E-state index contributed by atoms with van der Waals surface area (Å²) >= 11 is 0. The average molecular weight is 306 g/mol. The zero-order chi connectivity index (χ0) is 16.2. The molecule has 0 saturated carbocycles. The van der Waals surface area contributed by atoms with Gasteiger partial charge in [-0.15, -0.1) is 0 Å². The molecule has 1 aromatic rings. The summed E-state index contributed by atoms with van der Waals surface area (Å²) in [5.41, 5.74) is 14.5. The summed E-state index contributed by atoms with van der Waals surface area (Å²) in [6.45, 7) is 1.19. The van der Waals surface area contributed by atoms with Crippen LogP contribution in [0.4, 0.5) is 0 Å². The van der Waals surface area contributed by atoms with Gasteiger partial charge in [-0.2, -0.15) is 0 Å². The number of hydrogen-bond donors (Lipinski definition) is 2. The number of ether oxygens (including phenoxy) is 1. The van der Waals surface area contributed by atoms with E-state index in [1.807, 2.05) is 24.3 Å². The number of nitrogens with zero attached hydrogens (tertiary/aromatic N) is 3. The van der Waals surface area contributed by atoms with Crippen molar-refractivity contribution in [3.05, 3.63) is 40.3 Å². The third-order valence-electron chi connectivity index (χ3n) is 3.18. The molecule has 0 spiro atoms. The van der Waals surface area contributed by atoms with Crippen LogP contribution in [0.25, 0.3) is 10.4 Å². The fraction of sp³-hybridized carbons (Fsp3) is 0.533. The predicted molar refractivity (Wildman–Crippen MR) is 83.7 cm³/mol. The van der Waals surface area contributed by atoms with E-state index in [4.69, 9.17) is 21.1 Å². The molecule has 120 valence electrons. The van der Waals surface area contributed by atoms with Crippen molar-refractivity contribution in [2.75, 3.05) is 13.2 Å². The van der Waals surface area contributed by atoms with Crippen molar-refractivity contribution in [3.8, 4) is 5.75 Å². The summed E-state index contributed by atoms with van der Waals surface area (Å²) in [6, 6.07) is 6.43. The average Bonchev–Trinajstić information content (AvgIpc) is 2.51. The molecule has 0 aliphatic heterocycles. The number of nitrogens with two attached hydrogens (primary N) is 1. The van der Waals surface area contributed by atoms with E-state index in [1.54, 1.807) is 0 Å². The van der Waals surface area contributed by atoms with Crippen molar-refractivity contribution >= 4 is 5.97 Å². The molecular weight excluding hydrogens is 284 g/mol. The minimum absolute atomic E-state index is 0.306. The van der Waals surface area contributed by atoms with E-state index in [0.29, 0.717) is 19.6 Å². The normalized spacial score (nSPS) is 11.5. The Morgan fingerprint density at radius 2 is 1.95 bits per heavy atom. The molecule has 1 atom stereocenters. The monoisotopic (exact) mass is 306 g/mol. The second-order valence-corrected chi connectivity index (χ2v) is 5.01. The Labute approximate surface area is 129 Å². The maximum absolute atomic E-state index is 10.7. The highest BCUT2D eigenvalue weighted by Gasteiger charge is 2.11. The topological polar surface area (TPSA) is 121 Å². The van der Waals surface area contributed by atoms with Crippen LogP contribution < -0.4 is 10.5 Å². The minimum atomic E-state index is -0.999. The van der Waals surface area contributed by atoms with Crippen molar-refractivity contribution in [2.45, 2.75) is 38.1 Å². The Bertz CT molecular complexity index is 498. The molecule has 0 aromatic heterocycles. The molecule has 0 bridgehead atoms. The lowest BCUT2D eigenvalue weighted by Crippen LogP contribution is -2.32. The van der Waals surface area contributed by atoms with Crippen LogP contribution in [0.2, 0.25) is 0 Å². The van der Waals surface area contributed by atoms with Gasteiger partial charge in [-0.1, -0.05) is 30.1 Å². The summed E-state index contributed by atoms with van der Waals surface area (Å²) in [6.07, 6.45) is 4.21. The summed E-state index contributed by atoms with van der Waals surface area (Å²) in [4.78, 5) is 13.4. The van der Waals surface area contributed by atoms with Gasteiger partial charge in [-0.05, 0) is 42.5 Å². The molecule has 1 aromatic carbocycles. The van der Waals surface area contributed by atoms with Gasteiger partial charge in [0.1, 0.15) is 11.8 Å². The van der Waals surface area contributed by atoms with Crippen molar-refractivity contribution in [2.24, 2.45) is 10.8 Å². The van der Waals surface area contributed by atoms with E-state index in [-0.39, 0.29) is 0 Å². The third kappa shape index (κ3) is 7.52. The quantitative estimate of drug-likeness (QED) is 0.282. The fourth-order valence-electron chi connectivity index (χ4n) is 1.94. The molecule has 0 fully saturated rings. The molecule has 0 unspecified atom stereocenters. The highest BCUT2D eigenvalue weighted by Crippen LogP contribution is 2.14. The molecule has 7 nitrogen and oxygen atoms in total. The van der Waals surface area contributed by atoms with Crippen LogP contribution in [0.1, 0.15) is 31.2 Å². The lowest BCUT2D eigenvalue weighted by atomic mass is 10.1. The van der Waals surface area contributed by atoms with Gasteiger partial charge in [0, 0.05) is 11.5 Å². The summed E-state index contributed by atoms with van der Waals surface area (Å²) in [5, 5.41) is 12.2. The van der Waals surface area contributed by atoms with Crippen LogP contribution in [0.3, 0.4) is 0 Å². The Balaban J connectivity index is 2.19. The molecule has 22 heavy (non-hydrogen) atoms. The smallest absolute Gasteiger partial charge is 0.320 e. The van der Waals surface area contributed by atoms with Crippen molar-refractivity contribution < 1.29 is 14.6 Å². The van der Waals surface area contributed by atoms with Crippen LogP contribution in [0.5, 0.6) is 5.75 Å². The number of benzene rings is 1. The first-order valence-electron chi connectivity index (χ1n) is 7.34. The van der Waals surface area contributed by atoms with Crippen molar-refractivity contribution in [1.82, 2.24) is 0 Å². The van der Waals surface area contributed by atoms with E-state index in [1.165, 1.54) is 0 Å². The maximum Gasteiger partial charge on any atom is 0.320 e. The fourth-order valence-corrected chi connectivity index (χ4v) is 1.94. The first-order valence-corrected chi connectivity index (χ1v) is 7.34. The highest BCUT2D eigenvalue weighted by molar-refractivity contribution is 5.73. The number of carboxylic acids is 1. The Kier molecular flexibility index (Phi) is 8.49. The van der Waals surface area contributed by atoms with Gasteiger partial charge in [-0.3, -0.25) is 4.79 Å². The van der Waals surface area contributed by atoms with Gasteiger partial charge in [0.2, 0.25) is 0 Å². The third-order valence-corrected chi connectivity index (χ3v) is 3.18. The summed E-state index contributed by atoms with van der Waals surface area (Å²) in [5.74, 6) is -0.234. The lowest BCUT2D eigenvalue weighted by molar-refractivity contribution is -0.138. The zero-order valence-corrected chi connectivity index (χ0v) is 12.5. The van der Waals surface area contributed by atoms with Gasteiger partial charge in [0.25, 0.3) is 0 Å². The molecule has 0 aliphatic carbocycles. The van der Waals surface area contributed by atoms with E-state index in [2.05, 4.69) is 10.0 Å². The van der Waals surface area contributed by atoms with Crippen LogP contribution in [0, 0.1) is 0 Å². The van der Waals surface area contributed by atoms with Crippen LogP contribution in [-0.2, 0) is 11.2 Å². The molecule has 3 N–H and O–H groups in total. The summed E-state index contributed by atoms with van der Waals surface area (Å²) in [7, 11) is 0. The van der Waals surface area contributed by atoms with Gasteiger partial charge in [-0.25, -0.2) is 0 Å². The van der Waals surface area contributed by atoms with Gasteiger partial charge >= 0.3 is 5.97 Å². The second kappa shape index (κ2) is 10.5. The van der Waals surface area contributed by atoms with Gasteiger partial charge < -0.3 is 15.6 Å². The largest absolute Gasteiger partial charge is 0.494 e. The Hall–Kier alpha value is -2.24. The molecule has 1 rings (SSSR count). The van der Waals surface area contributed by atoms with E-state index in [0.717, 1.165) is 37.0 Å². The van der Waals surface area contributed by atoms with E-state index >= 15 is 0 Å². The molecular formula is C15H22N4O3. The molecule has 0 amide bonds. The van der Waals surface area contributed by atoms with Crippen LogP contribution in [-0.4, -0.2) is 30.3 Å². The Morgan fingerprint density at radius 3 is 2.59 bits per heavy atom. The first-order chi connectivity index (χ1) is 10.6.